The maximum Gasteiger partial charge on any atom is 0.326 e. The summed E-state index contributed by atoms with van der Waals surface area (Å²) in [5, 5.41) is 24.1. The number of carboxylic acids is 1. The maximum absolute atomic E-state index is 12.9. The molecule has 0 radical (unpaired) electrons. The highest BCUT2D eigenvalue weighted by Gasteiger charge is 2.39. The summed E-state index contributed by atoms with van der Waals surface area (Å²) in [5.74, 6) is -2.85. The lowest BCUT2D eigenvalue weighted by Crippen LogP contribution is -2.59. The van der Waals surface area contributed by atoms with Gasteiger partial charge in [-0.3, -0.25) is 14.4 Å². The van der Waals surface area contributed by atoms with Crippen molar-refractivity contribution in [1.82, 2.24) is 15.5 Å². The molecule has 6 N–H and O–H groups in total. The van der Waals surface area contributed by atoms with Gasteiger partial charge >= 0.3 is 5.97 Å². The number of carbonyl (C=O) groups is 4. The van der Waals surface area contributed by atoms with Crippen LogP contribution in [0.5, 0.6) is 0 Å². The van der Waals surface area contributed by atoms with Crippen LogP contribution in [0.1, 0.15) is 47.0 Å². The van der Waals surface area contributed by atoms with Crippen LogP contribution in [0.3, 0.4) is 0 Å². The van der Waals surface area contributed by atoms with Crippen LogP contribution < -0.4 is 16.4 Å². The summed E-state index contributed by atoms with van der Waals surface area (Å²) in [6.45, 7) is 6.83. The Morgan fingerprint density at radius 3 is 2.18 bits per heavy atom. The molecule has 0 spiro atoms. The van der Waals surface area contributed by atoms with Crippen molar-refractivity contribution in [3.63, 3.8) is 0 Å². The van der Waals surface area contributed by atoms with Crippen molar-refractivity contribution < 1.29 is 29.4 Å². The first-order valence-electron chi connectivity index (χ1n) is 9.53. The lowest BCUT2D eigenvalue weighted by Gasteiger charge is -2.30. The fraction of sp³-hybridized carbons (Fsp3) is 0.778. The number of hydrogen-bond acceptors (Lipinski definition) is 6. The minimum absolute atomic E-state index is 0.0452. The topological polar surface area (TPSA) is 162 Å². The number of aliphatic hydroxyl groups excluding tert-OH is 1. The lowest BCUT2D eigenvalue weighted by molar-refractivity contribution is -0.149. The van der Waals surface area contributed by atoms with E-state index in [4.69, 9.17) is 5.73 Å². The minimum atomic E-state index is -1.28. The predicted octanol–water partition coefficient (Wildman–Crippen LogP) is -1.19. The van der Waals surface area contributed by atoms with Crippen molar-refractivity contribution >= 4 is 23.7 Å². The fourth-order valence-corrected chi connectivity index (χ4v) is 3.13. The van der Waals surface area contributed by atoms with Crippen molar-refractivity contribution in [3.8, 4) is 0 Å². The molecule has 5 unspecified atom stereocenters. The Balaban J connectivity index is 2.97. The molecule has 0 bridgehead atoms. The third-order valence-electron chi connectivity index (χ3n) is 4.62. The van der Waals surface area contributed by atoms with Gasteiger partial charge in [-0.2, -0.15) is 0 Å². The average molecular weight is 400 g/mol. The smallest absolute Gasteiger partial charge is 0.326 e. The molecule has 3 amide bonds. The number of nitrogens with two attached hydrogens (primary N) is 1. The zero-order valence-electron chi connectivity index (χ0n) is 16.8. The molecule has 0 aromatic rings. The predicted molar refractivity (Wildman–Crippen MR) is 101 cm³/mol. The van der Waals surface area contributed by atoms with Crippen LogP contribution in [0.25, 0.3) is 0 Å². The van der Waals surface area contributed by atoms with Gasteiger partial charge in [-0.25, -0.2) is 4.79 Å². The summed E-state index contributed by atoms with van der Waals surface area (Å²) in [4.78, 5) is 50.1. The Morgan fingerprint density at radius 2 is 1.71 bits per heavy atom. The third-order valence-corrected chi connectivity index (χ3v) is 4.62. The van der Waals surface area contributed by atoms with Gasteiger partial charge in [0.2, 0.25) is 17.7 Å². The van der Waals surface area contributed by atoms with Crippen LogP contribution in [0.2, 0.25) is 0 Å². The standard InChI is InChI=1S/C18H32N4O6/c1-9(2)8-12(17(26)22-7-5-6-13(22)18(27)28)20-16(25)14(11(4)23)21-15(24)10(3)19/h9-14,23H,5-8,19H2,1-4H3,(H,20,25)(H,21,24)(H,27,28). The molecule has 28 heavy (non-hydrogen) atoms. The van der Waals surface area contributed by atoms with E-state index in [2.05, 4.69) is 10.6 Å². The molecule has 1 rings (SSSR count). The van der Waals surface area contributed by atoms with Gasteiger partial charge in [-0.1, -0.05) is 13.8 Å². The first-order chi connectivity index (χ1) is 13.0. The fourth-order valence-electron chi connectivity index (χ4n) is 3.13. The molecule has 10 nitrogen and oxygen atoms in total. The number of hydrogen-bond donors (Lipinski definition) is 5. The van der Waals surface area contributed by atoms with E-state index in [0.717, 1.165) is 0 Å². The molecule has 0 saturated carbocycles. The Labute approximate surface area is 164 Å². The second kappa shape index (κ2) is 10.4. The summed E-state index contributed by atoms with van der Waals surface area (Å²) in [6, 6.07) is -4.02. The number of carboxylic acid groups (broad SMARTS) is 1. The summed E-state index contributed by atoms with van der Waals surface area (Å²) in [6.07, 6.45) is 0.0213. The lowest BCUT2D eigenvalue weighted by atomic mass is 10.0. The Morgan fingerprint density at radius 1 is 1.11 bits per heavy atom. The molecule has 1 aliphatic rings. The molecule has 1 fully saturated rings. The second-order valence-corrected chi connectivity index (χ2v) is 7.73. The highest BCUT2D eigenvalue weighted by molar-refractivity contribution is 5.94. The zero-order chi connectivity index (χ0) is 21.6. The van der Waals surface area contributed by atoms with Crippen LogP contribution in [0.15, 0.2) is 0 Å². The van der Waals surface area contributed by atoms with E-state index in [0.29, 0.717) is 25.8 Å². The van der Waals surface area contributed by atoms with E-state index in [1.165, 1.54) is 18.7 Å². The van der Waals surface area contributed by atoms with Gasteiger partial charge in [0.15, 0.2) is 0 Å². The first-order valence-corrected chi connectivity index (χ1v) is 9.53. The number of amides is 3. The number of carbonyl (C=O) groups excluding carboxylic acids is 3. The Bertz CT molecular complexity index is 593. The number of likely N-dealkylation sites (tertiary alicyclic amines) is 1. The van der Waals surface area contributed by atoms with E-state index >= 15 is 0 Å². The molecular weight excluding hydrogens is 368 g/mol. The molecule has 160 valence electrons. The number of nitrogens with zero attached hydrogens (tertiary/aromatic N) is 1. The van der Waals surface area contributed by atoms with E-state index in [1.54, 1.807) is 0 Å². The van der Waals surface area contributed by atoms with Gasteiger partial charge in [0.1, 0.15) is 18.1 Å². The van der Waals surface area contributed by atoms with Crippen molar-refractivity contribution in [3.05, 3.63) is 0 Å². The van der Waals surface area contributed by atoms with Gasteiger partial charge in [-0.05, 0) is 39.0 Å². The van der Waals surface area contributed by atoms with E-state index in [9.17, 15) is 29.4 Å². The maximum atomic E-state index is 12.9. The van der Waals surface area contributed by atoms with E-state index in [-0.39, 0.29) is 5.92 Å². The molecule has 0 aliphatic carbocycles. The number of nitrogens with one attached hydrogen (secondary N) is 2. The van der Waals surface area contributed by atoms with E-state index < -0.39 is 54.0 Å². The SMILES string of the molecule is CC(C)CC(NC(=O)C(NC(=O)C(C)N)C(C)O)C(=O)N1CCCC1C(=O)O. The molecule has 1 aliphatic heterocycles. The minimum Gasteiger partial charge on any atom is -0.480 e. The van der Waals surface area contributed by atoms with Gasteiger partial charge < -0.3 is 31.5 Å². The third kappa shape index (κ3) is 6.45. The van der Waals surface area contributed by atoms with Crippen LogP contribution in [0, 0.1) is 5.92 Å². The highest BCUT2D eigenvalue weighted by atomic mass is 16.4. The molecule has 1 saturated heterocycles. The molecular formula is C18H32N4O6. The van der Waals surface area contributed by atoms with Crippen molar-refractivity contribution in [2.24, 2.45) is 11.7 Å². The van der Waals surface area contributed by atoms with Gasteiger partial charge in [0.05, 0.1) is 12.1 Å². The summed E-state index contributed by atoms with van der Waals surface area (Å²) < 4.78 is 0. The second-order valence-electron chi connectivity index (χ2n) is 7.73. The van der Waals surface area contributed by atoms with Crippen LogP contribution >= 0.6 is 0 Å². The largest absolute Gasteiger partial charge is 0.480 e. The van der Waals surface area contributed by atoms with Crippen LogP contribution in [-0.2, 0) is 19.2 Å². The van der Waals surface area contributed by atoms with Crippen molar-refractivity contribution in [1.29, 1.82) is 0 Å². The summed E-state index contributed by atoms with van der Waals surface area (Å²) >= 11 is 0. The van der Waals surface area contributed by atoms with Crippen molar-refractivity contribution in [2.45, 2.75) is 77.2 Å². The Kier molecular flexibility index (Phi) is 8.83. The normalized spacial score (nSPS) is 21.0. The first kappa shape index (κ1) is 23.8. The van der Waals surface area contributed by atoms with Gasteiger partial charge in [0, 0.05) is 6.54 Å². The highest BCUT2D eigenvalue weighted by Crippen LogP contribution is 2.20. The molecule has 10 heteroatoms. The summed E-state index contributed by atoms with van der Waals surface area (Å²) in [7, 11) is 0. The van der Waals surface area contributed by atoms with E-state index in [1.807, 2.05) is 13.8 Å². The number of aliphatic hydroxyl groups is 1. The monoisotopic (exact) mass is 400 g/mol. The molecule has 0 aromatic heterocycles. The van der Waals surface area contributed by atoms with Crippen LogP contribution in [0.4, 0.5) is 0 Å². The summed E-state index contributed by atoms with van der Waals surface area (Å²) in [5.41, 5.74) is 5.48. The quantitative estimate of drug-likeness (QED) is 0.325. The van der Waals surface area contributed by atoms with Crippen molar-refractivity contribution in [2.75, 3.05) is 6.54 Å². The Hall–Kier alpha value is -2.20. The zero-order valence-corrected chi connectivity index (χ0v) is 16.8. The average Bonchev–Trinajstić information content (AvgIpc) is 3.07. The molecule has 5 atom stereocenters. The van der Waals surface area contributed by atoms with Gasteiger partial charge in [0.25, 0.3) is 0 Å². The molecule has 1 heterocycles. The number of aliphatic carboxylic acids is 1. The number of rotatable bonds is 9. The van der Waals surface area contributed by atoms with Gasteiger partial charge in [-0.15, -0.1) is 0 Å². The molecule has 0 aromatic carbocycles. The van der Waals surface area contributed by atoms with Crippen LogP contribution in [-0.4, -0.2) is 75.6 Å².